The SMILES string of the molecule is CC1(C)[C@H](C(=O)O)N2C(=O)[C@@H](NS(=O)(=O)c3c(F)c(F)c(F)c(F)c3F)[C@H]2S1=O. The van der Waals surface area contributed by atoms with Crippen molar-refractivity contribution in [3.63, 3.8) is 0 Å². The first kappa shape index (κ1) is 21.6. The van der Waals surface area contributed by atoms with Gasteiger partial charge in [-0.3, -0.25) is 9.00 Å². The van der Waals surface area contributed by atoms with Crippen LogP contribution in [0.15, 0.2) is 4.90 Å². The van der Waals surface area contributed by atoms with Gasteiger partial charge in [-0.25, -0.2) is 35.2 Å². The van der Waals surface area contributed by atoms with E-state index in [1.165, 1.54) is 18.6 Å². The minimum atomic E-state index is -5.49. The molecule has 4 atom stereocenters. The largest absolute Gasteiger partial charge is 0.480 e. The molecule has 2 aliphatic heterocycles. The van der Waals surface area contributed by atoms with E-state index in [-0.39, 0.29) is 0 Å². The van der Waals surface area contributed by atoms with Gasteiger partial charge in [0.25, 0.3) is 0 Å². The highest BCUT2D eigenvalue weighted by atomic mass is 32.2. The van der Waals surface area contributed by atoms with Crippen molar-refractivity contribution in [3.05, 3.63) is 29.1 Å². The number of carbonyl (C=O) groups excluding carboxylic acids is 1. The molecule has 1 amide bonds. The van der Waals surface area contributed by atoms with Gasteiger partial charge in [0.2, 0.25) is 21.7 Å². The molecule has 160 valence electrons. The van der Waals surface area contributed by atoms with E-state index in [0.717, 1.165) is 0 Å². The zero-order chi connectivity index (χ0) is 22.2. The molecule has 8 nitrogen and oxygen atoms in total. The lowest BCUT2D eigenvalue weighted by atomic mass is 9.96. The van der Waals surface area contributed by atoms with Crippen molar-refractivity contribution < 1.29 is 49.3 Å². The number of carboxylic acids is 1. The van der Waals surface area contributed by atoms with Crippen LogP contribution in [-0.2, 0) is 30.4 Å². The summed E-state index contributed by atoms with van der Waals surface area (Å²) < 4.78 is 105. The van der Waals surface area contributed by atoms with Crippen LogP contribution in [0.1, 0.15) is 13.8 Å². The Morgan fingerprint density at radius 1 is 1.07 bits per heavy atom. The Morgan fingerprint density at radius 3 is 1.97 bits per heavy atom. The number of hydrogen-bond donors (Lipinski definition) is 2. The molecule has 0 radical (unpaired) electrons. The van der Waals surface area contributed by atoms with Gasteiger partial charge in [-0.05, 0) is 13.8 Å². The van der Waals surface area contributed by atoms with Crippen molar-refractivity contribution in [3.8, 4) is 0 Å². The van der Waals surface area contributed by atoms with E-state index in [1.807, 2.05) is 0 Å². The predicted octanol–water partition coefficient (Wildman–Crippen LogP) is 0.191. The van der Waals surface area contributed by atoms with E-state index in [9.17, 15) is 49.3 Å². The summed E-state index contributed by atoms with van der Waals surface area (Å²) in [6, 6.07) is -3.49. The molecular weight excluding hydrogens is 451 g/mol. The van der Waals surface area contributed by atoms with Crippen LogP contribution in [-0.4, -0.2) is 56.7 Å². The van der Waals surface area contributed by atoms with Gasteiger partial charge in [0.15, 0.2) is 28.2 Å². The molecule has 0 aliphatic carbocycles. The molecule has 1 unspecified atom stereocenters. The van der Waals surface area contributed by atoms with Crippen LogP contribution in [0.3, 0.4) is 0 Å². The third-order valence-electron chi connectivity index (χ3n) is 4.71. The molecule has 1 aromatic rings. The average Bonchev–Trinajstić information content (AvgIpc) is 2.80. The molecule has 15 heteroatoms. The van der Waals surface area contributed by atoms with Crippen LogP contribution in [0.4, 0.5) is 22.0 Å². The number of rotatable bonds is 4. The zero-order valence-corrected chi connectivity index (χ0v) is 16.0. The van der Waals surface area contributed by atoms with Crippen LogP contribution >= 0.6 is 0 Å². The second-order valence-corrected chi connectivity index (χ2v) is 10.6. The summed E-state index contributed by atoms with van der Waals surface area (Å²) in [5.41, 5.74) is 0. The second-order valence-electron chi connectivity index (χ2n) is 6.78. The van der Waals surface area contributed by atoms with Crippen molar-refractivity contribution in [2.24, 2.45) is 0 Å². The van der Waals surface area contributed by atoms with Gasteiger partial charge in [-0.1, -0.05) is 0 Å². The fourth-order valence-electron chi connectivity index (χ4n) is 3.32. The number of hydrogen-bond acceptors (Lipinski definition) is 5. The van der Waals surface area contributed by atoms with Crippen molar-refractivity contribution in [1.29, 1.82) is 0 Å². The van der Waals surface area contributed by atoms with Crippen LogP contribution in [0.2, 0.25) is 0 Å². The first-order valence-electron chi connectivity index (χ1n) is 7.65. The van der Waals surface area contributed by atoms with Crippen LogP contribution < -0.4 is 4.72 Å². The van der Waals surface area contributed by atoms with E-state index < -0.39 is 88.9 Å². The lowest BCUT2D eigenvalue weighted by molar-refractivity contribution is -0.159. The summed E-state index contributed by atoms with van der Waals surface area (Å²) >= 11 is 0. The topological polar surface area (TPSA) is 121 Å². The first-order valence-corrected chi connectivity index (χ1v) is 10.3. The molecule has 0 aromatic heterocycles. The number of β-lactam (4-membered cyclic amide) rings is 1. The fourth-order valence-corrected chi connectivity index (χ4v) is 6.65. The summed E-state index contributed by atoms with van der Waals surface area (Å²) in [4.78, 5) is 22.1. The minimum Gasteiger partial charge on any atom is -0.480 e. The van der Waals surface area contributed by atoms with E-state index >= 15 is 0 Å². The van der Waals surface area contributed by atoms with Gasteiger partial charge in [0.1, 0.15) is 17.5 Å². The number of nitrogens with one attached hydrogen (secondary N) is 1. The summed E-state index contributed by atoms with van der Waals surface area (Å²) in [6.45, 7) is 2.51. The third-order valence-corrected chi connectivity index (χ3v) is 8.37. The smallest absolute Gasteiger partial charge is 0.328 e. The number of aliphatic carboxylic acids is 1. The predicted molar refractivity (Wildman–Crippen MR) is 84.6 cm³/mol. The van der Waals surface area contributed by atoms with Gasteiger partial charge in [0.05, 0.1) is 15.5 Å². The molecule has 1 aromatic carbocycles. The number of nitrogens with zero attached hydrogens (tertiary/aromatic N) is 1. The molecule has 0 bridgehead atoms. The average molecular weight is 462 g/mol. The minimum absolute atomic E-state index is 0.643. The van der Waals surface area contributed by atoms with Gasteiger partial charge in [0, 0.05) is 0 Å². The number of carboxylic acid groups (broad SMARTS) is 1. The number of fused-ring (bicyclic) bond motifs is 1. The number of benzene rings is 1. The molecule has 0 saturated carbocycles. The summed E-state index contributed by atoms with van der Waals surface area (Å²) in [6.07, 6.45) is 0. The molecule has 0 spiro atoms. The van der Waals surface area contributed by atoms with Crippen LogP contribution in [0.25, 0.3) is 0 Å². The van der Waals surface area contributed by atoms with Crippen molar-refractivity contribution in [1.82, 2.24) is 9.62 Å². The number of carbonyl (C=O) groups is 2. The van der Waals surface area contributed by atoms with E-state index in [2.05, 4.69) is 0 Å². The Bertz CT molecular complexity index is 1060. The summed E-state index contributed by atoms with van der Waals surface area (Å²) in [5.74, 6) is -15.6. The summed E-state index contributed by atoms with van der Waals surface area (Å²) in [5, 5.41) is 7.77. The quantitative estimate of drug-likeness (QED) is 0.285. The lowest BCUT2D eigenvalue weighted by Gasteiger charge is -2.42. The van der Waals surface area contributed by atoms with E-state index in [4.69, 9.17) is 0 Å². The molecular formula is C14H11F5N2O6S2. The standard InChI is InChI=1S/C14H11F5N2O6S2/c1-14(2)10(13(23)24)21-11(22)8(12(21)28(14)25)20-29(26,27)9-6(18)4(16)3(15)5(17)7(9)19/h8,10,12,20H,1-2H3,(H,23,24)/t8-,10+,12-,28?/m1/s1. The maximum atomic E-state index is 13.8. The molecule has 2 aliphatic rings. The molecule has 2 fully saturated rings. The molecule has 3 rings (SSSR count). The zero-order valence-electron chi connectivity index (χ0n) is 14.4. The number of halogens is 5. The Kier molecular flexibility index (Phi) is 4.79. The third kappa shape index (κ3) is 2.78. The fraction of sp³-hybridized carbons (Fsp3) is 0.429. The van der Waals surface area contributed by atoms with Crippen molar-refractivity contribution in [2.45, 2.75) is 40.9 Å². The number of sulfonamides is 1. The maximum Gasteiger partial charge on any atom is 0.328 e. The van der Waals surface area contributed by atoms with Gasteiger partial charge in [-0.2, -0.15) is 4.72 Å². The van der Waals surface area contributed by atoms with Gasteiger partial charge in [-0.15, -0.1) is 0 Å². The Morgan fingerprint density at radius 2 is 1.52 bits per heavy atom. The highest BCUT2D eigenvalue weighted by Crippen LogP contribution is 2.44. The Balaban J connectivity index is 2.02. The van der Waals surface area contributed by atoms with E-state index in [1.54, 1.807) is 0 Å². The molecule has 29 heavy (non-hydrogen) atoms. The van der Waals surface area contributed by atoms with Crippen molar-refractivity contribution in [2.75, 3.05) is 0 Å². The molecule has 2 heterocycles. The first-order chi connectivity index (χ1) is 13.2. The molecule has 2 N–H and O–H groups in total. The van der Waals surface area contributed by atoms with Gasteiger partial charge < -0.3 is 10.0 Å². The lowest BCUT2D eigenvalue weighted by Crippen LogP contribution is -2.71. The van der Waals surface area contributed by atoms with Crippen LogP contribution in [0, 0.1) is 29.1 Å². The normalized spacial score (nSPS) is 28.2. The van der Waals surface area contributed by atoms with Gasteiger partial charge >= 0.3 is 5.97 Å². The van der Waals surface area contributed by atoms with Crippen LogP contribution in [0.5, 0.6) is 0 Å². The van der Waals surface area contributed by atoms with Crippen molar-refractivity contribution >= 4 is 32.7 Å². The monoisotopic (exact) mass is 462 g/mol. The van der Waals surface area contributed by atoms with E-state index in [0.29, 0.717) is 4.90 Å². The highest BCUT2D eigenvalue weighted by molar-refractivity contribution is 7.90. The second kappa shape index (κ2) is 6.43. The summed E-state index contributed by atoms with van der Waals surface area (Å²) in [7, 11) is -7.62. The Labute approximate surface area is 162 Å². The Hall–Kier alpha value is -2.13. The number of amides is 1. The molecule has 2 saturated heterocycles. The highest BCUT2D eigenvalue weighted by Gasteiger charge is 2.68. The maximum absolute atomic E-state index is 13.8.